The van der Waals surface area contributed by atoms with E-state index in [4.69, 9.17) is 0 Å². The molecule has 1 aromatic heterocycles. The fourth-order valence-corrected chi connectivity index (χ4v) is 6.75. The van der Waals surface area contributed by atoms with Gasteiger partial charge >= 0.3 is 0 Å². The monoisotopic (exact) mass is 516 g/mol. The van der Waals surface area contributed by atoms with E-state index in [0.717, 1.165) is 59.2 Å². The first-order valence-corrected chi connectivity index (χ1v) is 14.6. The fraction of sp³-hybridized carbons (Fsp3) is 0.414. The second-order valence-corrected chi connectivity index (χ2v) is 11.3. The highest BCUT2D eigenvalue weighted by molar-refractivity contribution is 7.98. The van der Waals surface area contributed by atoms with Crippen molar-refractivity contribution in [3.8, 4) is 0 Å². The molecule has 3 N–H and O–H groups in total. The largest absolute Gasteiger partial charge is 0.356 e. The molecule has 1 saturated carbocycles. The Labute approximate surface area is 220 Å². The summed E-state index contributed by atoms with van der Waals surface area (Å²) in [6.45, 7) is 0. The number of hydrogen-bond donors (Lipinski definition) is 3. The van der Waals surface area contributed by atoms with Crippen molar-refractivity contribution in [1.29, 1.82) is 0 Å². The minimum atomic E-state index is -0.701. The summed E-state index contributed by atoms with van der Waals surface area (Å²) in [5.41, 5.74) is 4.59. The van der Waals surface area contributed by atoms with Crippen LogP contribution in [0.1, 0.15) is 65.3 Å². The predicted octanol–water partition coefficient (Wildman–Crippen LogP) is 3.93. The van der Waals surface area contributed by atoms with Crippen molar-refractivity contribution < 1.29 is 14.4 Å². The third-order valence-corrected chi connectivity index (χ3v) is 8.74. The first kappa shape index (κ1) is 24.1. The molecular formula is C29H32N4O3S. The van der Waals surface area contributed by atoms with Gasteiger partial charge in [-0.25, -0.2) is 0 Å². The number of nitrogens with zero attached hydrogens (tertiary/aromatic N) is 1. The molecule has 3 heterocycles. The van der Waals surface area contributed by atoms with Crippen LogP contribution in [0.2, 0.25) is 0 Å². The van der Waals surface area contributed by atoms with E-state index < -0.39 is 12.1 Å². The minimum absolute atomic E-state index is 0.120. The second-order valence-electron chi connectivity index (χ2n) is 10.3. The summed E-state index contributed by atoms with van der Waals surface area (Å²) in [6, 6.07) is 14.2. The Morgan fingerprint density at radius 2 is 1.86 bits per heavy atom. The zero-order chi connectivity index (χ0) is 25.5. The molecule has 0 bridgehead atoms. The van der Waals surface area contributed by atoms with Crippen LogP contribution in [0.25, 0.3) is 10.9 Å². The van der Waals surface area contributed by atoms with Crippen LogP contribution in [0.15, 0.2) is 48.5 Å². The molecule has 0 spiro atoms. The Balaban J connectivity index is 1.34. The van der Waals surface area contributed by atoms with Crippen molar-refractivity contribution in [3.63, 3.8) is 0 Å². The highest BCUT2D eigenvalue weighted by Gasteiger charge is 2.49. The molecule has 37 heavy (non-hydrogen) atoms. The van der Waals surface area contributed by atoms with E-state index >= 15 is 0 Å². The second kappa shape index (κ2) is 9.89. The van der Waals surface area contributed by atoms with Crippen molar-refractivity contribution in [2.75, 3.05) is 12.0 Å². The normalized spacial score (nSPS) is 21.4. The number of carbonyl (C=O) groups is 3. The fourth-order valence-electron chi connectivity index (χ4n) is 6.28. The average Bonchev–Trinajstić information content (AvgIpc) is 3.63. The lowest BCUT2D eigenvalue weighted by Crippen LogP contribution is -2.57. The molecule has 1 fully saturated rings. The van der Waals surface area contributed by atoms with E-state index in [1.54, 1.807) is 16.7 Å². The standard InChI is InChI=1S/C29H32N4O3S/c1-37-15-14-23(27(34)30-17-8-2-3-9-17)32-28(35)24-16-21-18-10-6-7-13-22(18)31-25(21)26-19-11-4-5-12-20(19)29(36)33(24)26/h4-7,10-13,17,23-24,26,31H,2-3,8-9,14-16H2,1H3,(H,30,34)(H,32,35)/t23-,24+,26+/m0/s1. The van der Waals surface area contributed by atoms with Gasteiger partial charge in [-0.2, -0.15) is 11.8 Å². The van der Waals surface area contributed by atoms with Crippen LogP contribution in [-0.4, -0.2) is 57.7 Å². The quantitative estimate of drug-likeness (QED) is 0.444. The van der Waals surface area contributed by atoms with Crippen LogP contribution in [0, 0.1) is 0 Å². The van der Waals surface area contributed by atoms with Crippen molar-refractivity contribution in [2.45, 2.75) is 62.7 Å². The summed E-state index contributed by atoms with van der Waals surface area (Å²) < 4.78 is 0. The molecule has 3 amide bonds. The van der Waals surface area contributed by atoms with Crippen LogP contribution >= 0.6 is 11.8 Å². The van der Waals surface area contributed by atoms with Gasteiger partial charge in [-0.15, -0.1) is 0 Å². The minimum Gasteiger partial charge on any atom is -0.356 e. The Bertz CT molecular complexity index is 1360. The summed E-state index contributed by atoms with van der Waals surface area (Å²) in [4.78, 5) is 46.0. The van der Waals surface area contributed by atoms with Crippen molar-refractivity contribution in [1.82, 2.24) is 20.5 Å². The number of carbonyl (C=O) groups excluding carboxylic acids is 3. The highest BCUT2D eigenvalue weighted by atomic mass is 32.2. The topological polar surface area (TPSA) is 94.3 Å². The molecular weight excluding hydrogens is 484 g/mol. The molecule has 7 nitrogen and oxygen atoms in total. The molecule has 3 aromatic rings. The summed E-state index contributed by atoms with van der Waals surface area (Å²) in [7, 11) is 0. The summed E-state index contributed by atoms with van der Waals surface area (Å²) >= 11 is 1.65. The SMILES string of the molecule is CSCC[C@H](NC(=O)[C@H]1Cc2c([nH]c3ccccc23)[C@H]2c3ccccc3C(=O)N21)C(=O)NC1CCCC1. The number of aromatic nitrogens is 1. The predicted molar refractivity (Wildman–Crippen MR) is 146 cm³/mol. The molecule has 3 atom stereocenters. The highest BCUT2D eigenvalue weighted by Crippen LogP contribution is 2.46. The van der Waals surface area contributed by atoms with Gasteiger partial charge in [0.15, 0.2) is 0 Å². The van der Waals surface area contributed by atoms with Gasteiger partial charge in [0, 0.05) is 34.6 Å². The van der Waals surface area contributed by atoms with Gasteiger partial charge in [0.2, 0.25) is 11.8 Å². The lowest BCUT2D eigenvalue weighted by Gasteiger charge is -2.37. The van der Waals surface area contributed by atoms with Crippen LogP contribution < -0.4 is 10.6 Å². The third kappa shape index (κ3) is 4.21. The summed E-state index contributed by atoms with van der Waals surface area (Å²) in [5.74, 6) is 0.234. The number of aromatic amines is 1. The number of rotatable bonds is 7. The zero-order valence-electron chi connectivity index (χ0n) is 21.0. The zero-order valence-corrected chi connectivity index (χ0v) is 21.8. The lowest BCUT2D eigenvalue weighted by atomic mass is 9.89. The molecule has 8 heteroatoms. The average molecular weight is 517 g/mol. The Morgan fingerprint density at radius 1 is 1.11 bits per heavy atom. The Kier molecular flexibility index (Phi) is 6.44. The van der Waals surface area contributed by atoms with E-state index in [-0.39, 0.29) is 29.8 Å². The molecule has 0 radical (unpaired) electrons. The number of para-hydroxylation sites is 1. The van der Waals surface area contributed by atoms with Gasteiger partial charge in [0.25, 0.3) is 5.91 Å². The van der Waals surface area contributed by atoms with E-state index in [0.29, 0.717) is 18.4 Å². The number of nitrogens with one attached hydrogen (secondary N) is 3. The van der Waals surface area contributed by atoms with Gasteiger partial charge < -0.3 is 20.5 Å². The van der Waals surface area contributed by atoms with Crippen molar-refractivity contribution in [3.05, 3.63) is 70.9 Å². The van der Waals surface area contributed by atoms with Crippen LogP contribution in [0.4, 0.5) is 0 Å². The Hall–Kier alpha value is -3.26. The van der Waals surface area contributed by atoms with Gasteiger partial charge in [-0.05, 0) is 54.5 Å². The van der Waals surface area contributed by atoms with Crippen molar-refractivity contribution in [2.24, 2.45) is 0 Å². The first-order chi connectivity index (χ1) is 18.1. The molecule has 1 aliphatic carbocycles. The van der Waals surface area contributed by atoms with Gasteiger partial charge in [-0.3, -0.25) is 14.4 Å². The molecule has 2 aromatic carbocycles. The van der Waals surface area contributed by atoms with Gasteiger partial charge in [0.05, 0.1) is 6.04 Å². The smallest absolute Gasteiger partial charge is 0.255 e. The third-order valence-electron chi connectivity index (χ3n) is 8.10. The van der Waals surface area contributed by atoms with E-state index in [2.05, 4.69) is 21.7 Å². The van der Waals surface area contributed by atoms with Gasteiger partial charge in [-0.1, -0.05) is 49.2 Å². The lowest BCUT2D eigenvalue weighted by molar-refractivity contribution is -0.132. The van der Waals surface area contributed by atoms with E-state index in [1.165, 1.54) is 0 Å². The van der Waals surface area contributed by atoms with Crippen LogP contribution in [0.5, 0.6) is 0 Å². The number of thioether (sulfide) groups is 1. The maximum Gasteiger partial charge on any atom is 0.255 e. The summed E-state index contributed by atoms with van der Waals surface area (Å²) in [6.07, 6.45) is 7.18. The number of benzene rings is 2. The molecule has 0 unspecified atom stereocenters. The maximum absolute atomic E-state index is 13.9. The molecule has 2 aliphatic heterocycles. The number of amides is 3. The number of H-pyrrole nitrogens is 1. The van der Waals surface area contributed by atoms with Crippen molar-refractivity contribution >= 4 is 40.4 Å². The molecule has 3 aliphatic rings. The molecule has 192 valence electrons. The van der Waals surface area contributed by atoms with Crippen LogP contribution in [-0.2, 0) is 16.0 Å². The summed E-state index contributed by atoms with van der Waals surface area (Å²) in [5, 5.41) is 7.28. The van der Waals surface area contributed by atoms with Crippen LogP contribution in [0.3, 0.4) is 0 Å². The number of hydrogen-bond acceptors (Lipinski definition) is 4. The van der Waals surface area contributed by atoms with Gasteiger partial charge in [0.1, 0.15) is 12.1 Å². The Morgan fingerprint density at radius 3 is 2.68 bits per heavy atom. The molecule has 0 saturated heterocycles. The molecule has 6 rings (SSSR count). The first-order valence-electron chi connectivity index (χ1n) is 13.2. The maximum atomic E-state index is 13.9. The van der Waals surface area contributed by atoms with E-state index in [9.17, 15) is 14.4 Å². The number of fused-ring (bicyclic) bond motifs is 7. The van der Waals surface area contributed by atoms with E-state index in [1.807, 2.05) is 48.7 Å².